The second-order valence-corrected chi connectivity index (χ2v) is 6.55. The quantitative estimate of drug-likeness (QED) is 0.739. The zero-order chi connectivity index (χ0) is 20.7. The lowest BCUT2D eigenvalue weighted by atomic mass is 10.1. The summed E-state index contributed by atoms with van der Waals surface area (Å²) in [4.78, 5) is 25.8. The predicted octanol–water partition coefficient (Wildman–Crippen LogP) is 4.76. The maximum atomic E-state index is 13.0. The van der Waals surface area contributed by atoms with E-state index in [2.05, 4.69) is 12.2 Å². The van der Waals surface area contributed by atoms with E-state index in [4.69, 9.17) is 0 Å². The van der Waals surface area contributed by atoms with Gasteiger partial charge in [-0.1, -0.05) is 37.6 Å². The Hall–Kier alpha value is -2.83. The summed E-state index contributed by atoms with van der Waals surface area (Å²) in [6.07, 6.45) is -1.50. The molecule has 0 saturated carbocycles. The van der Waals surface area contributed by atoms with E-state index >= 15 is 0 Å². The fourth-order valence-corrected chi connectivity index (χ4v) is 2.73. The number of alkyl halides is 3. The minimum atomic E-state index is -4.58. The van der Waals surface area contributed by atoms with Crippen LogP contribution in [0, 0.1) is 0 Å². The molecular formula is C21H23F3N2O2. The molecule has 0 aliphatic carbocycles. The van der Waals surface area contributed by atoms with Crippen molar-refractivity contribution in [1.29, 1.82) is 0 Å². The Morgan fingerprint density at radius 3 is 2.29 bits per heavy atom. The molecule has 0 heterocycles. The Morgan fingerprint density at radius 1 is 1.04 bits per heavy atom. The fourth-order valence-electron chi connectivity index (χ4n) is 2.73. The lowest BCUT2D eigenvalue weighted by Gasteiger charge is -2.18. The summed E-state index contributed by atoms with van der Waals surface area (Å²) in [5.41, 5.74) is 0.287. The molecule has 2 rings (SSSR count). The van der Waals surface area contributed by atoms with Crippen molar-refractivity contribution < 1.29 is 22.8 Å². The molecule has 1 N–H and O–H groups in total. The molecule has 0 fully saturated rings. The summed E-state index contributed by atoms with van der Waals surface area (Å²) in [6, 6.07) is 11.9. The molecule has 0 spiro atoms. The van der Waals surface area contributed by atoms with E-state index < -0.39 is 17.6 Å². The van der Waals surface area contributed by atoms with Crippen LogP contribution < -0.4 is 5.32 Å². The van der Waals surface area contributed by atoms with Crippen LogP contribution in [0.4, 0.5) is 18.9 Å². The molecule has 7 heteroatoms. The van der Waals surface area contributed by atoms with Gasteiger partial charge in [0.05, 0.1) is 17.8 Å². The van der Waals surface area contributed by atoms with Crippen molar-refractivity contribution in [2.75, 3.05) is 18.9 Å². The molecule has 4 nitrogen and oxygen atoms in total. The van der Waals surface area contributed by atoms with Crippen molar-refractivity contribution in [1.82, 2.24) is 4.90 Å². The highest BCUT2D eigenvalue weighted by atomic mass is 19.4. The SMILES string of the molecule is CCCCc1ccc(C(=O)N(C)CC(=O)Nc2ccccc2C(F)(F)F)cc1. The van der Waals surface area contributed by atoms with Crippen molar-refractivity contribution in [3.63, 3.8) is 0 Å². The lowest BCUT2D eigenvalue weighted by Crippen LogP contribution is -2.35. The minimum absolute atomic E-state index is 0.332. The number of hydrogen-bond acceptors (Lipinski definition) is 2. The molecule has 0 atom stereocenters. The number of para-hydroxylation sites is 1. The van der Waals surface area contributed by atoms with E-state index in [-0.39, 0.29) is 18.1 Å². The summed E-state index contributed by atoms with van der Waals surface area (Å²) in [5, 5.41) is 2.23. The van der Waals surface area contributed by atoms with Gasteiger partial charge >= 0.3 is 6.18 Å². The Bertz CT molecular complexity index is 817. The Morgan fingerprint density at radius 2 is 1.68 bits per heavy atom. The number of aryl methyl sites for hydroxylation is 1. The molecule has 0 aliphatic heterocycles. The van der Waals surface area contributed by atoms with E-state index in [1.165, 1.54) is 30.1 Å². The number of amides is 2. The highest BCUT2D eigenvalue weighted by Gasteiger charge is 2.33. The van der Waals surface area contributed by atoms with Gasteiger partial charge in [0.2, 0.25) is 5.91 Å². The van der Waals surface area contributed by atoms with Crippen LogP contribution in [0.3, 0.4) is 0 Å². The van der Waals surface area contributed by atoms with Gasteiger partial charge in [-0.15, -0.1) is 0 Å². The maximum Gasteiger partial charge on any atom is 0.418 e. The van der Waals surface area contributed by atoms with Gasteiger partial charge in [-0.3, -0.25) is 9.59 Å². The van der Waals surface area contributed by atoms with Crippen molar-refractivity contribution in [2.45, 2.75) is 32.4 Å². The maximum absolute atomic E-state index is 13.0. The van der Waals surface area contributed by atoms with E-state index in [1.54, 1.807) is 12.1 Å². The second-order valence-electron chi connectivity index (χ2n) is 6.55. The number of carbonyl (C=O) groups excluding carboxylic acids is 2. The third-order valence-corrected chi connectivity index (χ3v) is 4.25. The van der Waals surface area contributed by atoms with Crippen molar-refractivity contribution in [2.24, 2.45) is 0 Å². The first kappa shape index (κ1) is 21.5. The van der Waals surface area contributed by atoms with Crippen LogP contribution in [0.2, 0.25) is 0 Å². The number of rotatable bonds is 7. The molecule has 0 aromatic heterocycles. The molecule has 0 radical (unpaired) electrons. The molecule has 2 amide bonds. The summed E-state index contributed by atoms with van der Waals surface area (Å²) in [6.45, 7) is 1.74. The van der Waals surface area contributed by atoms with Crippen LogP contribution in [-0.2, 0) is 17.4 Å². The third kappa shape index (κ3) is 5.84. The Balaban J connectivity index is 2.00. The summed E-state index contributed by atoms with van der Waals surface area (Å²) in [5.74, 6) is -1.08. The van der Waals surface area contributed by atoms with Gasteiger partial charge in [0.1, 0.15) is 0 Å². The molecule has 28 heavy (non-hydrogen) atoms. The average molecular weight is 392 g/mol. The third-order valence-electron chi connectivity index (χ3n) is 4.25. The number of halogens is 3. The number of nitrogens with one attached hydrogen (secondary N) is 1. The van der Waals surface area contributed by atoms with Crippen LogP contribution in [-0.4, -0.2) is 30.3 Å². The largest absolute Gasteiger partial charge is 0.418 e. The number of anilines is 1. The number of carbonyl (C=O) groups is 2. The van der Waals surface area contributed by atoms with Gasteiger partial charge in [-0.25, -0.2) is 0 Å². The minimum Gasteiger partial charge on any atom is -0.332 e. The smallest absolute Gasteiger partial charge is 0.332 e. The molecule has 150 valence electrons. The topological polar surface area (TPSA) is 49.4 Å². The first-order chi connectivity index (χ1) is 13.2. The van der Waals surface area contributed by atoms with E-state index in [0.29, 0.717) is 5.56 Å². The molecule has 0 aliphatic rings. The summed E-state index contributed by atoms with van der Waals surface area (Å²) >= 11 is 0. The monoisotopic (exact) mass is 392 g/mol. The second kappa shape index (κ2) is 9.39. The van der Waals surface area contributed by atoms with Crippen LogP contribution in [0.5, 0.6) is 0 Å². The van der Waals surface area contributed by atoms with Crippen LogP contribution in [0.25, 0.3) is 0 Å². The Labute approximate surface area is 162 Å². The van der Waals surface area contributed by atoms with Gasteiger partial charge in [0.15, 0.2) is 0 Å². The van der Waals surface area contributed by atoms with Gasteiger partial charge in [-0.2, -0.15) is 13.2 Å². The van der Waals surface area contributed by atoms with E-state index in [1.807, 2.05) is 12.1 Å². The van der Waals surface area contributed by atoms with Crippen molar-refractivity contribution >= 4 is 17.5 Å². The van der Waals surface area contributed by atoms with Crippen molar-refractivity contribution in [3.05, 3.63) is 65.2 Å². The molecule has 0 bridgehead atoms. The molecule has 2 aromatic carbocycles. The highest BCUT2D eigenvalue weighted by Crippen LogP contribution is 2.34. The average Bonchev–Trinajstić information content (AvgIpc) is 2.65. The van der Waals surface area contributed by atoms with Gasteiger partial charge in [-0.05, 0) is 42.7 Å². The zero-order valence-corrected chi connectivity index (χ0v) is 15.8. The molecular weight excluding hydrogens is 369 g/mol. The predicted molar refractivity (Wildman–Crippen MR) is 102 cm³/mol. The van der Waals surface area contributed by atoms with E-state index in [9.17, 15) is 22.8 Å². The van der Waals surface area contributed by atoms with Crippen molar-refractivity contribution in [3.8, 4) is 0 Å². The summed E-state index contributed by atoms with van der Waals surface area (Å²) in [7, 11) is 1.43. The lowest BCUT2D eigenvalue weighted by molar-refractivity contribution is -0.137. The van der Waals surface area contributed by atoms with Gasteiger partial charge in [0.25, 0.3) is 5.91 Å². The number of unbranched alkanes of at least 4 members (excludes halogenated alkanes) is 1. The first-order valence-electron chi connectivity index (χ1n) is 9.03. The number of nitrogens with zero attached hydrogens (tertiary/aromatic N) is 1. The molecule has 0 unspecified atom stereocenters. The standard InChI is InChI=1S/C21H23F3N2O2/c1-3-4-7-15-10-12-16(13-11-15)20(28)26(2)14-19(27)25-18-9-6-5-8-17(18)21(22,23)24/h5-6,8-13H,3-4,7,14H2,1-2H3,(H,25,27). The molecule has 2 aromatic rings. The first-order valence-corrected chi connectivity index (χ1v) is 9.03. The Kier molecular flexibility index (Phi) is 7.20. The fraction of sp³-hybridized carbons (Fsp3) is 0.333. The van der Waals surface area contributed by atoms with Crippen LogP contribution >= 0.6 is 0 Å². The normalized spacial score (nSPS) is 11.2. The highest BCUT2D eigenvalue weighted by molar-refractivity contribution is 5.99. The molecule has 0 saturated heterocycles. The number of hydrogen-bond donors (Lipinski definition) is 1. The number of likely N-dealkylation sites (N-methyl/N-ethyl adjacent to an activating group) is 1. The summed E-state index contributed by atoms with van der Waals surface area (Å²) < 4.78 is 39.0. The zero-order valence-electron chi connectivity index (χ0n) is 15.8. The van der Waals surface area contributed by atoms with Crippen LogP contribution in [0.15, 0.2) is 48.5 Å². The number of benzene rings is 2. The van der Waals surface area contributed by atoms with E-state index in [0.717, 1.165) is 30.9 Å². The van der Waals surface area contributed by atoms with Crippen LogP contribution in [0.1, 0.15) is 41.3 Å². The van der Waals surface area contributed by atoms with Gasteiger partial charge < -0.3 is 10.2 Å². The van der Waals surface area contributed by atoms with Gasteiger partial charge in [0, 0.05) is 12.6 Å².